The van der Waals surface area contributed by atoms with Gasteiger partial charge in [0.05, 0.1) is 12.7 Å². The van der Waals surface area contributed by atoms with Crippen molar-refractivity contribution in [1.29, 1.82) is 0 Å². The number of rotatable bonds is 11. The van der Waals surface area contributed by atoms with Gasteiger partial charge in [-0.25, -0.2) is 0 Å². The smallest absolute Gasteiger partial charge is 0.376 e. The number of ether oxygens (including phenoxy) is 2. The Hall–Kier alpha value is 0.0169. The van der Waals surface area contributed by atoms with E-state index in [1.807, 2.05) is 20.8 Å². The Morgan fingerprint density at radius 2 is 1.65 bits per heavy atom. The van der Waals surface area contributed by atoms with E-state index in [-0.39, 0.29) is 11.8 Å². The van der Waals surface area contributed by atoms with Crippen molar-refractivity contribution in [3.63, 3.8) is 0 Å². The van der Waals surface area contributed by atoms with Crippen LogP contribution in [0.2, 0.25) is 0 Å². The van der Waals surface area contributed by atoms with Gasteiger partial charge in [0, 0.05) is 26.4 Å². The molecule has 2 atom stereocenters. The van der Waals surface area contributed by atoms with Gasteiger partial charge in [-0.3, -0.25) is 0 Å². The zero-order valence-electron chi connectivity index (χ0n) is 13.4. The first-order valence-electron chi connectivity index (χ1n) is 7.87. The monoisotopic (exact) mass is 306 g/mol. The van der Waals surface area contributed by atoms with Crippen LogP contribution in [0.4, 0.5) is 0 Å². The van der Waals surface area contributed by atoms with Gasteiger partial charge < -0.3 is 22.8 Å². The van der Waals surface area contributed by atoms with Gasteiger partial charge in [-0.2, -0.15) is 0 Å². The van der Waals surface area contributed by atoms with Gasteiger partial charge in [0.15, 0.2) is 0 Å². The van der Waals surface area contributed by atoms with Crippen molar-refractivity contribution in [1.82, 2.24) is 0 Å². The second-order valence-corrected chi connectivity index (χ2v) is 7.48. The summed E-state index contributed by atoms with van der Waals surface area (Å²) in [5, 5.41) is 0. The molecule has 1 saturated heterocycles. The van der Waals surface area contributed by atoms with Gasteiger partial charge in [-0.1, -0.05) is 6.92 Å². The van der Waals surface area contributed by atoms with Crippen LogP contribution in [0.1, 0.15) is 47.0 Å². The van der Waals surface area contributed by atoms with E-state index in [9.17, 15) is 0 Å². The Morgan fingerprint density at radius 3 is 2.05 bits per heavy atom. The van der Waals surface area contributed by atoms with Gasteiger partial charge in [0.25, 0.3) is 0 Å². The van der Waals surface area contributed by atoms with E-state index in [0.29, 0.717) is 26.4 Å². The fourth-order valence-corrected chi connectivity index (χ4v) is 5.29. The third-order valence-corrected chi connectivity index (χ3v) is 6.75. The second kappa shape index (κ2) is 9.86. The van der Waals surface area contributed by atoms with Gasteiger partial charge in [0.2, 0.25) is 0 Å². The van der Waals surface area contributed by atoms with Gasteiger partial charge in [0.1, 0.15) is 5.73 Å². The van der Waals surface area contributed by atoms with E-state index in [4.69, 9.17) is 22.8 Å². The Kier molecular flexibility index (Phi) is 8.91. The summed E-state index contributed by atoms with van der Waals surface area (Å²) >= 11 is 0. The minimum absolute atomic E-state index is 0.119. The standard InChI is InChI=1S/C14H30O5Si/c1-5-14(16-12-13-10-9-11-15-13)20(17-6-2,18-7-3)19-8-4/h13-14H,5-12H2,1-4H3. The van der Waals surface area contributed by atoms with Gasteiger partial charge >= 0.3 is 8.80 Å². The molecule has 0 radical (unpaired) electrons. The lowest BCUT2D eigenvalue weighted by molar-refractivity contribution is -0.0427. The molecule has 0 N–H and O–H groups in total. The maximum atomic E-state index is 6.06. The minimum atomic E-state index is -2.77. The summed E-state index contributed by atoms with van der Waals surface area (Å²) in [7, 11) is -2.77. The quantitative estimate of drug-likeness (QED) is 0.549. The molecule has 6 heteroatoms. The van der Waals surface area contributed by atoms with Crippen molar-refractivity contribution < 1.29 is 22.8 Å². The van der Waals surface area contributed by atoms with E-state index in [1.165, 1.54) is 0 Å². The van der Waals surface area contributed by atoms with Crippen molar-refractivity contribution in [2.24, 2.45) is 0 Å². The highest BCUT2D eigenvalue weighted by atomic mass is 28.4. The summed E-state index contributed by atoms with van der Waals surface area (Å²) in [6, 6.07) is 0. The molecule has 0 amide bonds. The normalized spacial score (nSPS) is 21.3. The van der Waals surface area contributed by atoms with E-state index < -0.39 is 8.80 Å². The summed E-state index contributed by atoms with van der Waals surface area (Å²) < 4.78 is 29.4. The Morgan fingerprint density at radius 1 is 1.05 bits per heavy atom. The molecule has 0 spiro atoms. The average molecular weight is 306 g/mol. The zero-order valence-corrected chi connectivity index (χ0v) is 14.4. The van der Waals surface area contributed by atoms with Crippen LogP contribution in [0.25, 0.3) is 0 Å². The predicted octanol–water partition coefficient (Wildman–Crippen LogP) is 2.55. The van der Waals surface area contributed by atoms with E-state index in [1.54, 1.807) is 0 Å². The molecule has 0 aliphatic carbocycles. The van der Waals surface area contributed by atoms with Gasteiger partial charge in [-0.15, -0.1) is 0 Å². The maximum absolute atomic E-state index is 6.06. The maximum Gasteiger partial charge on any atom is 0.531 e. The second-order valence-electron chi connectivity index (χ2n) is 4.77. The number of hydrogen-bond donors (Lipinski definition) is 0. The summed E-state index contributed by atoms with van der Waals surface area (Å²) in [6.45, 7) is 11.1. The highest BCUT2D eigenvalue weighted by Gasteiger charge is 2.49. The molecular weight excluding hydrogens is 276 g/mol. The summed E-state index contributed by atoms with van der Waals surface area (Å²) in [6.07, 6.45) is 3.22. The highest BCUT2D eigenvalue weighted by Crippen LogP contribution is 2.22. The molecule has 0 aromatic rings. The minimum Gasteiger partial charge on any atom is -0.376 e. The molecule has 1 heterocycles. The summed E-state index contributed by atoms with van der Waals surface area (Å²) in [5.41, 5.74) is -0.119. The van der Waals surface area contributed by atoms with E-state index in [2.05, 4.69) is 6.92 Å². The predicted molar refractivity (Wildman–Crippen MR) is 79.6 cm³/mol. The van der Waals surface area contributed by atoms with Gasteiger partial charge in [-0.05, 0) is 40.0 Å². The molecule has 0 bridgehead atoms. The molecule has 20 heavy (non-hydrogen) atoms. The fraction of sp³-hybridized carbons (Fsp3) is 1.00. The van der Waals surface area contributed by atoms with Crippen LogP contribution in [0, 0.1) is 0 Å². The molecule has 2 unspecified atom stereocenters. The first kappa shape index (κ1) is 18.1. The molecule has 1 aliphatic heterocycles. The fourth-order valence-electron chi connectivity index (χ4n) is 2.48. The Labute approximate surface area is 124 Å². The molecule has 1 rings (SSSR count). The largest absolute Gasteiger partial charge is 0.531 e. The lowest BCUT2D eigenvalue weighted by Crippen LogP contribution is -2.57. The molecule has 0 aromatic carbocycles. The van der Waals surface area contributed by atoms with Crippen molar-refractivity contribution in [2.45, 2.75) is 58.8 Å². The van der Waals surface area contributed by atoms with Crippen molar-refractivity contribution in [3.05, 3.63) is 0 Å². The summed E-state index contributed by atoms with van der Waals surface area (Å²) in [5.74, 6) is 0. The zero-order chi connectivity index (χ0) is 14.8. The lowest BCUT2D eigenvalue weighted by atomic mass is 10.2. The molecule has 120 valence electrons. The first-order valence-corrected chi connectivity index (χ1v) is 9.67. The van der Waals surface area contributed by atoms with Crippen LogP contribution in [-0.4, -0.2) is 53.7 Å². The molecule has 0 aromatic heterocycles. The first-order chi connectivity index (χ1) is 9.72. The van der Waals surface area contributed by atoms with Crippen LogP contribution >= 0.6 is 0 Å². The van der Waals surface area contributed by atoms with Crippen molar-refractivity contribution in [3.8, 4) is 0 Å². The molecule has 1 aliphatic rings. The highest BCUT2D eigenvalue weighted by molar-refractivity contribution is 6.62. The van der Waals surface area contributed by atoms with Crippen LogP contribution in [0.5, 0.6) is 0 Å². The average Bonchev–Trinajstić information content (AvgIpc) is 2.93. The molecular formula is C14H30O5Si. The molecule has 1 fully saturated rings. The van der Waals surface area contributed by atoms with Crippen molar-refractivity contribution in [2.75, 3.05) is 33.0 Å². The SMILES string of the molecule is CCO[Si](OCC)(OCC)C(CC)OCC1CCCO1. The third-order valence-electron chi connectivity index (χ3n) is 3.31. The molecule has 0 saturated carbocycles. The topological polar surface area (TPSA) is 46.2 Å². The van der Waals surface area contributed by atoms with Crippen LogP contribution < -0.4 is 0 Å². The van der Waals surface area contributed by atoms with Crippen LogP contribution in [0.3, 0.4) is 0 Å². The van der Waals surface area contributed by atoms with Crippen LogP contribution in [-0.2, 0) is 22.8 Å². The summed E-state index contributed by atoms with van der Waals surface area (Å²) in [4.78, 5) is 0. The third kappa shape index (κ3) is 5.09. The van der Waals surface area contributed by atoms with Crippen molar-refractivity contribution >= 4 is 8.80 Å². The lowest BCUT2D eigenvalue weighted by Gasteiger charge is -2.34. The Balaban J connectivity index is 2.65. The van der Waals surface area contributed by atoms with Crippen LogP contribution in [0.15, 0.2) is 0 Å². The number of hydrogen-bond acceptors (Lipinski definition) is 5. The van der Waals surface area contributed by atoms with E-state index >= 15 is 0 Å². The Bertz CT molecular complexity index is 229. The molecule has 5 nitrogen and oxygen atoms in total. The van der Waals surface area contributed by atoms with E-state index in [0.717, 1.165) is 25.9 Å².